The Morgan fingerprint density at radius 1 is 1.04 bits per heavy atom. The van der Waals surface area contributed by atoms with E-state index in [-0.39, 0.29) is 11.8 Å². The van der Waals surface area contributed by atoms with Gasteiger partial charge in [-0.1, -0.05) is 67.6 Å². The van der Waals surface area contributed by atoms with Gasteiger partial charge in [0.25, 0.3) is 5.91 Å². The second kappa shape index (κ2) is 7.91. The summed E-state index contributed by atoms with van der Waals surface area (Å²) in [7, 11) is 0. The lowest BCUT2D eigenvalue weighted by molar-refractivity contribution is -0.121. The second-order valence-corrected chi connectivity index (χ2v) is 6.61. The van der Waals surface area contributed by atoms with Gasteiger partial charge in [0.05, 0.1) is 5.92 Å². The zero-order chi connectivity index (χ0) is 16.8. The number of nitrogens with zero attached hydrogens (tertiary/aromatic N) is 1. The largest absolute Gasteiger partial charge is 0.272 e. The van der Waals surface area contributed by atoms with Crippen LogP contribution in [0.5, 0.6) is 0 Å². The fourth-order valence-electron chi connectivity index (χ4n) is 3.35. The van der Waals surface area contributed by atoms with E-state index in [9.17, 15) is 4.79 Å². The van der Waals surface area contributed by atoms with Crippen molar-refractivity contribution in [3.05, 3.63) is 71.8 Å². The molecule has 0 bridgehead atoms. The molecule has 124 valence electrons. The van der Waals surface area contributed by atoms with Gasteiger partial charge in [0, 0.05) is 5.71 Å². The van der Waals surface area contributed by atoms with Crippen LogP contribution in [0, 0.1) is 5.92 Å². The molecule has 3 nitrogen and oxygen atoms in total. The highest BCUT2D eigenvalue weighted by molar-refractivity contribution is 5.90. The minimum Gasteiger partial charge on any atom is -0.272 e. The van der Waals surface area contributed by atoms with E-state index in [4.69, 9.17) is 0 Å². The van der Waals surface area contributed by atoms with Crippen LogP contribution in [0.2, 0.25) is 0 Å². The van der Waals surface area contributed by atoms with Gasteiger partial charge < -0.3 is 0 Å². The maximum atomic E-state index is 12.9. The van der Waals surface area contributed by atoms with Crippen LogP contribution in [-0.4, -0.2) is 11.6 Å². The fraction of sp³-hybridized carbons (Fsp3) is 0.333. The molecule has 1 fully saturated rings. The molecule has 1 amide bonds. The van der Waals surface area contributed by atoms with Crippen LogP contribution < -0.4 is 5.43 Å². The molecule has 0 saturated heterocycles. The fourth-order valence-corrected chi connectivity index (χ4v) is 3.35. The Labute approximate surface area is 143 Å². The number of carbonyl (C=O) groups is 1. The summed E-state index contributed by atoms with van der Waals surface area (Å²) in [5.74, 6) is 0.254. The van der Waals surface area contributed by atoms with Crippen LogP contribution in [0.15, 0.2) is 65.8 Å². The predicted octanol–water partition coefficient (Wildman–Crippen LogP) is 4.50. The van der Waals surface area contributed by atoms with Gasteiger partial charge in [-0.25, -0.2) is 5.43 Å². The zero-order valence-electron chi connectivity index (χ0n) is 14.1. The van der Waals surface area contributed by atoms with Crippen LogP contribution in [0.25, 0.3) is 0 Å². The average Bonchev–Trinajstić information content (AvgIpc) is 2.62. The van der Waals surface area contributed by atoms with Crippen LogP contribution in [0.1, 0.15) is 49.7 Å². The molecule has 0 aliphatic heterocycles. The number of carbonyl (C=O) groups excluding carboxylic acids is 1. The number of hydrogen-bond donors (Lipinski definition) is 1. The SMILES string of the molecule is C[C@@H]1CCC/C(=N/NC(=O)C(c2ccccc2)c2ccccc2)C1. The zero-order valence-corrected chi connectivity index (χ0v) is 14.1. The highest BCUT2D eigenvalue weighted by Gasteiger charge is 2.23. The van der Waals surface area contributed by atoms with Crippen molar-refractivity contribution < 1.29 is 4.79 Å². The Morgan fingerprint density at radius 3 is 2.17 bits per heavy atom. The minimum absolute atomic E-state index is 0.0712. The number of rotatable bonds is 4. The Bertz CT molecular complexity index is 655. The van der Waals surface area contributed by atoms with Crippen molar-refractivity contribution in [2.45, 2.75) is 38.5 Å². The van der Waals surface area contributed by atoms with Crippen molar-refractivity contribution in [1.82, 2.24) is 5.43 Å². The van der Waals surface area contributed by atoms with Gasteiger partial charge in [-0.2, -0.15) is 5.10 Å². The second-order valence-electron chi connectivity index (χ2n) is 6.61. The lowest BCUT2D eigenvalue weighted by atomic mass is 9.89. The predicted molar refractivity (Wildman–Crippen MR) is 97.9 cm³/mol. The molecule has 0 heterocycles. The molecule has 3 rings (SSSR count). The summed E-state index contributed by atoms with van der Waals surface area (Å²) < 4.78 is 0. The third-order valence-corrected chi connectivity index (χ3v) is 4.60. The van der Waals surface area contributed by atoms with Gasteiger partial charge >= 0.3 is 0 Å². The molecule has 3 heteroatoms. The van der Waals surface area contributed by atoms with Gasteiger partial charge in [-0.15, -0.1) is 0 Å². The van der Waals surface area contributed by atoms with Crippen molar-refractivity contribution in [1.29, 1.82) is 0 Å². The molecule has 1 saturated carbocycles. The molecule has 0 unspecified atom stereocenters. The standard InChI is InChI=1S/C21H24N2O/c1-16-9-8-14-19(15-16)22-23-21(24)20(17-10-4-2-5-11-17)18-12-6-3-7-13-18/h2-7,10-13,16,20H,8-9,14-15H2,1H3,(H,23,24)/b22-19-/t16-/m1/s1. The third kappa shape index (κ3) is 4.10. The molecular weight excluding hydrogens is 296 g/mol. The molecule has 24 heavy (non-hydrogen) atoms. The summed E-state index contributed by atoms with van der Waals surface area (Å²) in [4.78, 5) is 12.9. The van der Waals surface area contributed by atoms with E-state index >= 15 is 0 Å². The van der Waals surface area contributed by atoms with Crippen molar-refractivity contribution in [3.8, 4) is 0 Å². The highest BCUT2D eigenvalue weighted by Crippen LogP contribution is 2.25. The van der Waals surface area contributed by atoms with Crippen molar-refractivity contribution in [3.63, 3.8) is 0 Å². The van der Waals surface area contributed by atoms with Gasteiger partial charge in [0.1, 0.15) is 0 Å². The molecule has 0 radical (unpaired) electrons. The van der Waals surface area contributed by atoms with E-state index in [0.29, 0.717) is 5.92 Å². The Kier molecular flexibility index (Phi) is 5.42. The van der Waals surface area contributed by atoms with E-state index in [1.807, 2.05) is 60.7 Å². The van der Waals surface area contributed by atoms with Crippen molar-refractivity contribution >= 4 is 11.6 Å². The van der Waals surface area contributed by atoms with Crippen LogP contribution in [0.3, 0.4) is 0 Å². The topological polar surface area (TPSA) is 41.5 Å². The first-order chi connectivity index (χ1) is 11.7. The van der Waals surface area contributed by atoms with Crippen LogP contribution in [-0.2, 0) is 4.79 Å². The maximum Gasteiger partial charge on any atom is 0.252 e. The Morgan fingerprint density at radius 2 is 1.62 bits per heavy atom. The molecule has 2 aromatic carbocycles. The molecule has 1 aliphatic carbocycles. The number of amides is 1. The summed E-state index contributed by atoms with van der Waals surface area (Å²) in [5.41, 5.74) is 5.90. The first-order valence-corrected chi connectivity index (χ1v) is 8.69. The lowest BCUT2D eigenvalue weighted by Crippen LogP contribution is -2.28. The monoisotopic (exact) mass is 320 g/mol. The van der Waals surface area contributed by atoms with E-state index in [1.54, 1.807) is 0 Å². The smallest absolute Gasteiger partial charge is 0.252 e. The molecule has 1 aliphatic rings. The first kappa shape index (κ1) is 16.4. The van der Waals surface area contributed by atoms with E-state index < -0.39 is 0 Å². The normalized spacial score (nSPS) is 19.4. The Hall–Kier alpha value is -2.42. The summed E-state index contributed by atoms with van der Waals surface area (Å²) >= 11 is 0. The first-order valence-electron chi connectivity index (χ1n) is 8.69. The lowest BCUT2D eigenvalue weighted by Gasteiger charge is -2.20. The summed E-state index contributed by atoms with van der Waals surface area (Å²) in [6, 6.07) is 19.8. The molecule has 1 N–H and O–H groups in total. The van der Waals surface area contributed by atoms with E-state index in [1.165, 1.54) is 6.42 Å². The number of nitrogens with one attached hydrogen (secondary N) is 1. The quantitative estimate of drug-likeness (QED) is 0.828. The van der Waals surface area contributed by atoms with Crippen molar-refractivity contribution in [2.24, 2.45) is 11.0 Å². The third-order valence-electron chi connectivity index (χ3n) is 4.60. The number of benzene rings is 2. The van der Waals surface area contributed by atoms with Crippen LogP contribution >= 0.6 is 0 Å². The summed E-state index contributed by atoms with van der Waals surface area (Å²) in [6.07, 6.45) is 4.40. The van der Waals surface area contributed by atoms with Gasteiger partial charge in [-0.05, 0) is 42.7 Å². The highest BCUT2D eigenvalue weighted by atomic mass is 16.2. The number of hydrogen-bond acceptors (Lipinski definition) is 2. The Balaban J connectivity index is 1.81. The van der Waals surface area contributed by atoms with Crippen molar-refractivity contribution in [2.75, 3.05) is 0 Å². The van der Waals surface area contributed by atoms with Gasteiger partial charge in [0.15, 0.2) is 0 Å². The molecular formula is C21H24N2O. The van der Waals surface area contributed by atoms with E-state index in [2.05, 4.69) is 17.5 Å². The van der Waals surface area contributed by atoms with Gasteiger partial charge in [0.2, 0.25) is 0 Å². The molecule has 0 aromatic heterocycles. The molecule has 1 atom stereocenters. The van der Waals surface area contributed by atoms with E-state index in [0.717, 1.165) is 36.1 Å². The molecule has 2 aromatic rings. The summed E-state index contributed by atoms with van der Waals surface area (Å²) in [6.45, 7) is 2.24. The van der Waals surface area contributed by atoms with Gasteiger partial charge in [-0.3, -0.25) is 4.79 Å². The average molecular weight is 320 g/mol. The molecule has 0 spiro atoms. The summed E-state index contributed by atoms with van der Waals surface area (Å²) in [5, 5.41) is 4.42. The number of hydrazone groups is 1. The van der Waals surface area contributed by atoms with Crippen LogP contribution in [0.4, 0.5) is 0 Å². The maximum absolute atomic E-state index is 12.9. The minimum atomic E-state index is -0.335.